The summed E-state index contributed by atoms with van der Waals surface area (Å²) in [7, 11) is 0. The summed E-state index contributed by atoms with van der Waals surface area (Å²) in [6.45, 7) is 14.9. The first-order chi connectivity index (χ1) is 14.5. The molecule has 0 radical (unpaired) electrons. The van der Waals surface area contributed by atoms with Crippen LogP contribution in [-0.2, 0) is 14.4 Å². The molecular weight excluding hydrogens is 403 g/mol. The van der Waals surface area contributed by atoms with Gasteiger partial charge in [-0.3, -0.25) is 0 Å². The van der Waals surface area contributed by atoms with Gasteiger partial charge in [0.1, 0.15) is 0 Å². The van der Waals surface area contributed by atoms with E-state index in [9.17, 15) is 18.8 Å². The highest BCUT2D eigenvalue weighted by molar-refractivity contribution is 5.91. The first kappa shape index (κ1) is 23.3. The van der Waals surface area contributed by atoms with Crippen molar-refractivity contribution in [1.29, 1.82) is 0 Å². The molecule has 2 rings (SSSR count). The van der Waals surface area contributed by atoms with E-state index >= 15 is 0 Å². The molecule has 0 aromatic heterocycles. The molecule has 6 nitrogen and oxygen atoms in total. The Morgan fingerprint density at radius 3 is 1.48 bits per heavy atom. The summed E-state index contributed by atoms with van der Waals surface area (Å²) < 4.78 is 29.8. The van der Waals surface area contributed by atoms with Gasteiger partial charge in [-0.2, -0.15) is 0 Å². The Morgan fingerprint density at radius 2 is 1.03 bits per heavy atom. The van der Waals surface area contributed by atoms with Gasteiger partial charge >= 0.3 is 17.9 Å². The van der Waals surface area contributed by atoms with E-state index in [2.05, 4.69) is 19.7 Å². The van der Waals surface area contributed by atoms with E-state index < -0.39 is 23.7 Å². The van der Waals surface area contributed by atoms with Crippen LogP contribution in [0, 0.1) is 5.82 Å². The van der Waals surface area contributed by atoms with E-state index in [0.717, 1.165) is 6.07 Å². The Balaban J connectivity index is 2.43. The quantitative estimate of drug-likeness (QED) is 0.356. The van der Waals surface area contributed by atoms with Crippen molar-refractivity contribution in [3.8, 4) is 28.4 Å². The summed E-state index contributed by atoms with van der Waals surface area (Å²) in [5.74, 6) is -3.27. The summed E-state index contributed by atoms with van der Waals surface area (Å²) in [4.78, 5) is 35.5. The number of carbonyl (C=O) groups excluding carboxylic acids is 3. The average molecular weight is 424 g/mol. The Bertz CT molecular complexity index is 1110. The van der Waals surface area contributed by atoms with Crippen molar-refractivity contribution in [2.45, 2.75) is 20.8 Å². The fraction of sp³-hybridized carbons (Fsp3) is 0.125. The molecule has 0 fully saturated rings. The lowest BCUT2D eigenvalue weighted by molar-refractivity contribution is -0.132. The molecule has 7 heteroatoms. The van der Waals surface area contributed by atoms with Crippen LogP contribution >= 0.6 is 0 Å². The number of rotatable bonds is 7. The largest absolute Gasteiger partial charge is 0.420 e. The molecule has 0 heterocycles. The first-order valence-corrected chi connectivity index (χ1v) is 9.06. The van der Waals surface area contributed by atoms with E-state index in [1.165, 1.54) is 45.0 Å². The van der Waals surface area contributed by atoms with Crippen molar-refractivity contribution in [3.63, 3.8) is 0 Å². The molecule has 0 bridgehead atoms. The van der Waals surface area contributed by atoms with Crippen molar-refractivity contribution in [2.75, 3.05) is 0 Å². The monoisotopic (exact) mass is 424 g/mol. The number of benzene rings is 2. The number of ether oxygens (including phenoxy) is 3. The minimum absolute atomic E-state index is 0.0150. The van der Waals surface area contributed by atoms with Crippen LogP contribution in [0.2, 0.25) is 0 Å². The van der Waals surface area contributed by atoms with Gasteiger partial charge in [-0.25, -0.2) is 18.8 Å². The zero-order valence-corrected chi connectivity index (χ0v) is 17.4. The van der Waals surface area contributed by atoms with Crippen LogP contribution in [0.4, 0.5) is 4.39 Å². The van der Waals surface area contributed by atoms with E-state index in [1.807, 2.05) is 0 Å². The van der Waals surface area contributed by atoms with Crippen LogP contribution < -0.4 is 14.2 Å². The lowest BCUT2D eigenvalue weighted by Gasteiger charge is -2.13. The first-order valence-electron chi connectivity index (χ1n) is 9.06. The van der Waals surface area contributed by atoms with Gasteiger partial charge in [-0.1, -0.05) is 31.9 Å². The molecule has 2 aromatic rings. The molecule has 31 heavy (non-hydrogen) atoms. The molecule has 0 aliphatic heterocycles. The van der Waals surface area contributed by atoms with Crippen molar-refractivity contribution in [1.82, 2.24) is 0 Å². The minimum Gasteiger partial charge on any atom is -0.420 e. The second-order valence-electron chi connectivity index (χ2n) is 6.82. The zero-order valence-electron chi connectivity index (χ0n) is 17.4. The molecule has 0 amide bonds. The normalized spacial score (nSPS) is 10.1. The molecule has 0 aliphatic rings. The SMILES string of the molecule is C=C(C)C(=O)Oc1ccc(-c2ccc(OC(=O)C(=C)C)c(OC(=O)C(=C)C)c2)cc1F. The molecule has 0 saturated heterocycles. The zero-order chi connectivity index (χ0) is 23.3. The molecule has 0 aliphatic carbocycles. The van der Waals surface area contributed by atoms with Crippen LogP contribution in [0.3, 0.4) is 0 Å². The van der Waals surface area contributed by atoms with Gasteiger partial charge in [0.2, 0.25) is 0 Å². The smallest absolute Gasteiger partial charge is 0.338 e. The Labute approximate surface area is 179 Å². The second kappa shape index (κ2) is 9.67. The molecule has 0 N–H and O–H groups in total. The van der Waals surface area contributed by atoms with Crippen molar-refractivity contribution < 1.29 is 33.0 Å². The highest BCUT2D eigenvalue weighted by Crippen LogP contribution is 2.35. The summed E-state index contributed by atoms with van der Waals surface area (Å²) in [5.41, 5.74) is 1.28. The third-order valence-electron chi connectivity index (χ3n) is 3.86. The lowest BCUT2D eigenvalue weighted by atomic mass is 10.0. The molecule has 160 valence electrons. The number of halogens is 1. The Hall–Kier alpha value is -4.00. The lowest BCUT2D eigenvalue weighted by Crippen LogP contribution is -2.12. The Kier molecular flexibility index (Phi) is 7.26. The van der Waals surface area contributed by atoms with Crippen LogP contribution in [0.25, 0.3) is 11.1 Å². The van der Waals surface area contributed by atoms with Crippen LogP contribution in [0.1, 0.15) is 20.8 Å². The summed E-state index contributed by atoms with van der Waals surface area (Å²) in [6, 6.07) is 8.33. The molecule has 0 saturated carbocycles. The van der Waals surface area contributed by atoms with Crippen molar-refractivity contribution in [2.24, 2.45) is 0 Å². The van der Waals surface area contributed by atoms with Gasteiger partial charge in [0.05, 0.1) is 0 Å². The highest BCUT2D eigenvalue weighted by Gasteiger charge is 2.17. The highest BCUT2D eigenvalue weighted by atomic mass is 19.1. The number of carbonyl (C=O) groups is 3. The summed E-state index contributed by atoms with van der Waals surface area (Å²) >= 11 is 0. The van der Waals surface area contributed by atoms with Gasteiger partial charge in [-0.05, 0) is 56.2 Å². The number of hydrogen-bond donors (Lipinski definition) is 0. The van der Waals surface area contributed by atoms with Gasteiger partial charge in [-0.15, -0.1) is 0 Å². The summed E-state index contributed by atoms with van der Waals surface area (Å²) in [6.07, 6.45) is 0. The van der Waals surface area contributed by atoms with Gasteiger partial charge in [0.15, 0.2) is 23.1 Å². The van der Waals surface area contributed by atoms with Gasteiger partial charge in [0.25, 0.3) is 0 Å². The standard InChI is InChI=1S/C24H21FO6/c1-13(2)22(26)29-19-9-7-16(11-18(19)25)17-8-10-20(30-23(27)14(3)4)21(12-17)31-24(28)15(5)6/h7-12H,1,3,5H2,2,4,6H3. The third kappa shape index (κ3) is 5.99. The third-order valence-corrected chi connectivity index (χ3v) is 3.86. The number of esters is 3. The average Bonchev–Trinajstić information content (AvgIpc) is 2.70. The molecular formula is C24H21FO6. The van der Waals surface area contributed by atoms with E-state index in [-0.39, 0.29) is 34.0 Å². The van der Waals surface area contributed by atoms with Gasteiger partial charge < -0.3 is 14.2 Å². The van der Waals surface area contributed by atoms with Crippen molar-refractivity contribution in [3.05, 3.63) is 78.7 Å². The van der Waals surface area contributed by atoms with E-state index in [0.29, 0.717) is 11.1 Å². The predicted molar refractivity (Wildman–Crippen MR) is 113 cm³/mol. The molecule has 0 spiro atoms. The van der Waals surface area contributed by atoms with Crippen LogP contribution in [0.5, 0.6) is 17.2 Å². The molecule has 2 aromatic carbocycles. The fourth-order valence-corrected chi connectivity index (χ4v) is 2.18. The van der Waals surface area contributed by atoms with E-state index in [4.69, 9.17) is 14.2 Å². The Morgan fingerprint density at radius 1 is 0.645 bits per heavy atom. The topological polar surface area (TPSA) is 78.9 Å². The fourth-order valence-electron chi connectivity index (χ4n) is 2.18. The van der Waals surface area contributed by atoms with Crippen molar-refractivity contribution >= 4 is 17.9 Å². The molecule has 0 atom stereocenters. The number of hydrogen-bond acceptors (Lipinski definition) is 6. The van der Waals surface area contributed by atoms with Crippen LogP contribution in [-0.4, -0.2) is 17.9 Å². The second-order valence-corrected chi connectivity index (χ2v) is 6.82. The van der Waals surface area contributed by atoms with Crippen LogP contribution in [0.15, 0.2) is 72.9 Å². The minimum atomic E-state index is -0.773. The molecule has 0 unspecified atom stereocenters. The maximum atomic E-state index is 14.4. The summed E-state index contributed by atoms with van der Waals surface area (Å²) in [5, 5.41) is 0. The maximum Gasteiger partial charge on any atom is 0.338 e. The maximum absolute atomic E-state index is 14.4. The van der Waals surface area contributed by atoms with Gasteiger partial charge in [0, 0.05) is 16.7 Å². The van der Waals surface area contributed by atoms with E-state index in [1.54, 1.807) is 6.07 Å². The predicted octanol–water partition coefficient (Wildman–Crippen LogP) is 4.94.